The number of carbonyl (C=O) groups is 1. The van der Waals surface area contributed by atoms with Gasteiger partial charge >= 0.3 is 0 Å². The van der Waals surface area contributed by atoms with E-state index in [2.05, 4.69) is 5.10 Å². The molecule has 1 amide bonds. The summed E-state index contributed by atoms with van der Waals surface area (Å²) in [6.45, 7) is 0. The molecule has 3 aromatic rings. The standard InChI is InChI=1S/C21H17F4N3O4/c1-32-14-7-5-11(6-8-14)16-10-15(20(30)26-17(18(23)24)19(25)29)21(31)28(27-16)13-4-2-3-12(22)9-13/h2-10,17-19,29H,1H3,(H,26,30)/t17-,19?/m1/s1. The lowest BCUT2D eigenvalue weighted by Crippen LogP contribution is -2.48. The number of carbonyl (C=O) groups excluding carboxylic acids is 1. The van der Waals surface area contributed by atoms with Crippen molar-refractivity contribution in [1.29, 1.82) is 0 Å². The zero-order chi connectivity index (χ0) is 23.4. The number of aliphatic hydroxyl groups excluding tert-OH is 1. The summed E-state index contributed by atoms with van der Waals surface area (Å²) in [4.78, 5) is 25.4. The normalized spacial score (nSPS) is 13.0. The molecular weight excluding hydrogens is 434 g/mol. The number of methoxy groups -OCH3 is 1. The zero-order valence-corrected chi connectivity index (χ0v) is 16.5. The van der Waals surface area contributed by atoms with E-state index in [0.717, 1.165) is 22.9 Å². The monoisotopic (exact) mass is 451 g/mol. The summed E-state index contributed by atoms with van der Waals surface area (Å²) >= 11 is 0. The second kappa shape index (κ2) is 9.60. The van der Waals surface area contributed by atoms with Crippen LogP contribution >= 0.6 is 0 Å². The minimum absolute atomic E-state index is 0.0321. The lowest BCUT2D eigenvalue weighted by atomic mass is 10.1. The Kier molecular flexibility index (Phi) is 6.89. The largest absolute Gasteiger partial charge is 0.497 e. The van der Waals surface area contributed by atoms with Crippen LogP contribution in [0.15, 0.2) is 59.4 Å². The fraction of sp³-hybridized carbons (Fsp3) is 0.190. The number of hydrogen-bond donors (Lipinski definition) is 2. The highest BCUT2D eigenvalue weighted by atomic mass is 19.3. The van der Waals surface area contributed by atoms with Gasteiger partial charge in [-0.1, -0.05) is 6.07 Å². The van der Waals surface area contributed by atoms with Gasteiger partial charge in [-0.25, -0.2) is 17.6 Å². The van der Waals surface area contributed by atoms with Gasteiger partial charge in [0, 0.05) is 5.56 Å². The van der Waals surface area contributed by atoms with Crippen LogP contribution < -0.4 is 15.6 Å². The number of amides is 1. The summed E-state index contributed by atoms with van der Waals surface area (Å²) in [5, 5.41) is 14.6. The Hall–Kier alpha value is -3.73. The van der Waals surface area contributed by atoms with Gasteiger partial charge < -0.3 is 15.2 Å². The Morgan fingerprint density at radius 1 is 1.12 bits per heavy atom. The van der Waals surface area contributed by atoms with Crippen LogP contribution in [0.5, 0.6) is 5.75 Å². The highest BCUT2D eigenvalue weighted by Gasteiger charge is 2.31. The number of alkyl halides is 3. The van der Waals surface area contributed by atoms with E-state index in [9.17, 15) is 27.2 Å². The van der Waals surface area contributed by atoms with Crippen LogP contribution in [0.1, 0.15) is 10.4 Å². The SMILES string of the molecule is COc1ccc(-c2cc(C(=O)N[C@@H](C(O)F)C(F)F)c(=O)n(-c3cccc(F)c3)n2)cc1. The second-order valence-corrected chi connectivity index (χ2v) is 6.57. The van der Waals surface area contributed by atoms with Crippen LogP contribution in [0.3, 0.4) is 0 Å². The van der Waals surface area contributed by atoms with Crippen LogP contribution in [-0.2, 0) is 0 Å². The van der Waals surface area contributed by atoms with E-state index in [0.29, 0.717) is 11.3 Å². The molecule has 168 valence electrons. The van der Waals surface area contributed by atoms with Gasteiger partial charge in [-0.15, -0.1) is 0 Å². The molecule has 0 aliphatic rings. The molecule has 1 heterocycles. The molecule has 7 nitrogen and oxygen atoms in total. The van der Waals surface area contributed by atoms with E-state index in [1.54, 1.807) is 29.6 Å². The van der Waals surface area contributed by atoms with Crippen LogP contribution in [-0.4, -0.2) is 46.7 Å². The van der Waals surface area contributed by atoms with Crippen molar-refractivity contribution in [1.82, 2.24) is 15.1 Å². The minimum Gasteiger partial charge on any atom is -0.497 e. The van der Waals surface area contributed by atoms with Crippen molar-refractivity contribution in [2.45, 2.75) is 18.8 Å². The quantitative estimate of drug-likeness (QED) is 0.539. The van der Waals surface area contributed by atoms with Crippen molar-refractivity contribution in [3.8, 4) is 22.7 Å². The molecule has 2 N–H and O–H groups in total. The number of hydrogen-bond acceptors (Lipinski definition) is 5. The highest BCUT2D eigenvalue weighted by molar-refractivity contribution is 5.95. The predicted octanol–water partition coefficient (Wildman–Crippen LogP) is 2.70. The predicted molar refractivity (Wildman–Crippen MR) is 106 cm³/mol. The van der Waals surface area contributed by atoms with Gasteiger partial charge in [-0.05, 0) is 48.5 Å². The molecule has 0 radical (unpaired) electrons. The summed E-state index contributed by atoms with van der Waals surface area (Å²) in [5.41, 5.74) is -1.28. The number of aliphatic hydroxyl groups is 1. The molecule has 1 unspecified atom stereocenters. The molecule has 0 saturated carbocycles. The number of rotatable bonds is 7. The number of aromatic nitrogens is 2. The summed E-state index contributed by atoms with van der Waals surface area (Å²) < 4.78 is 58.5. The van der Waals surface area contributed by atoms with Gasteiger partial charge in [-0.3, -0.25) is 9.59 Å². The van der Waals surface area contributed by atoms with Crippen LogP contribution in [0, 0.1) is 5.82 Å². The van der Waals surface area contributed by atoms with Crippen molar-refractivity contribution in [2.75, 3.05) is 7.11 Å². The third-order valence-corrected chi connectivity index (χ3v) is 4.46. The maximum atomic E-state index is 13.7. The first kappa shape index (κ1) is 22.9. The fourth-order valence-electron chi connectivity index (χ4n) is 2.82. The molecule has 11 heteroatoms. The van der Waals surface area contributed by atoms with Gasteiger partial charge in [0.2, 0.25) is 6.36 Å². The molecule has 32 heavy (non-hydrogen) atoms. The third-order valence-electron chi connectivity index (χ3n) is 4.46. The Morgan fingerprint density at radius 2 is 1.81 bits per heavy atom. The van der Waals surface area contributed by atoms with Crippen LogP contribution in [0.25, 0.3) is 16.9 Å². The van der Waals surface area contributed by atoms with E-state index in [1.807, 2.05) is 0 Å². The fourth-order valence-corrected chi connectivity index (χ4v) is 2.82. The molecule has 3 rings (SSSR count). The van der Waals surface area contributed by atoms with Gasteiger partial charge in [0.25, 0.3) is 17.9 Å². The topological polar surface area (TPSA) is 93.5 Å². The number of ether oxygens (including phenoxy) is 1. The molecule has 0 aliphatic heterocycles. The molecule has 0 fully saturated rings. The third kappa shape index (κ3) is 4.94. The number of benzene rings is 2. The Balaban J connectivity index is 2.15. The molecule has 0 aliphatic carbocycles. The van der Waals surface area contributed by atoms with Crippen LogP contribution in [0.2, 0.25) is 0 Å². The van der Waals surface area contributed by atoms with Gasteiger partial charge in [-0.2, -0.15) is 9.78 Å². The molecule has 0 saturated heterocycles. The number of nitrogens with one attached hydrogen (secondary N) is 1. The first-order valence-corrected chi connectivity index (χ1v) is 9.17. The molecule has 0 bridgehead atoms. The lowest BCUT2D eigenvalue weighted by molar-refractivity contribution is -0.0481. The van der Waals surface area contributed by atoms with Crippen molar-refractivity contribution in [3.05, 3.63) is 76.3 Å². The van der Waals surface area contributed by atoms with Crippen molar-refractivity contribution in [2.24, 2.45) is 0 Å². The molecule has 2 aromatic carbocycles. The Bertz CT molecular complexity index is 1160. The zero-order valence-electron chi connectivity index (χ0n) is 16.5. The summed E-state index contributed by atoms with van der Waals surface area (Å²) in [5.74, 6) is -1.53. The van der Waals surface area contributed by atoms with Crippen molar-refractivity contribution in [3.63, 3.8) is 0 Å². The molecule has 1 aromatic heterocycles. The second-order valence-electron chi connectivity index (χ2n) is 6.57. The first-order valence-electron chi connectivity index (χ1n) is 9.17. The van der Waals surface area contributed by atoms with Gasteiger partial charge in [0.15, 0.2) is 0 Å². The first-order chi connectivity index (χ1) is 15.2. The summed E-state index contributed by atoms with van der Waals surface area (Å²) in [7, 11) is 1.46. The average Bonchev–Trinajstić information content (AvgIpc) is 2.77. The summed E-state index contributed by atoms with van der Waals surface area (Å²) in [6.07, 6.45) is -6.50. The van der Waals surface area contributed by atoms with Crippen LogP contribution in [0.4, 0.5) is 17.6 Å². The van der Waals surface area contributed by atoms with E-state index in [1.165, 1.54) is 19.2 Å². The molecule has 0 spiro atoms. The Labute approximate surface area is 178 Å². The van der Waals surface area contributed by atoms with E-state index in [-0.39, 0.29) is 11.4 Å². The maximum absolute atomic E-state index is 13.7. The van der Waals surface area contributed by atoms with Crippen molar-refractivity contribution >= 4 is 5.91 Å². The van der Waals surface area contributed by atoms with Gasteiger partial charge in [0.1, 0.15) is 23.2 Å². The maximum Gasteiger partial charge on any atom is 0.284 e. The number of nitrogens with zero attached hydrogens (tertiary/aromatic N) is 2. The molecular formula is C21H17F4N3O4. The minimum atomic E-state index is -3.44. The van der Waals surface area contributed by atoms with Gasteiger partial charge in [0.05, 0.1) is 18.5 Å². The van der Waals surface area contributed by atoms with E-state index in [4.69, 9.17) is 9.84 Å². The smallest absolute Gasteiger partial charge is 0.284 e. The average molecular weight is 451 g/mol. The summed E-state index contributed by atoms with van der Waals surface area (Å²) in [6, 6.07) is 9.56. The highest BCUT2D eigenvalue weighted by Crippen LogP contribution is 2.21. The molecule has 2 atom stereocenters. The van der Waals surface area contributed by atoms with E-state index >= 15 is 0 Å². The Morgan fingerprint density at radius 3 is 2.38 bits per heavy atom. The lowest BCUT2D eigenvalue weighted by Gasteiger charge is -2.18. The number of halogens is 4. The van der Waals surface area contributed by atoms with Crippen molar-refractivity contribution < 1.29 is 32.2 Å². The van der Waals surface area contributed by atoms with E-state index < -0.39 is 41.7 Å².